The first-order chi connectivity index (χ1) is 9.60. The number of benzene rings is 1. The lowest BCUT2D eigenvalue weighted by atomic mass is 10.1. The minimum absolute atomic E-state index is 0.0149. The molecule has 0 saturated carbocycles. The van der Waals surface area contributed by atoms with Crippen LogP contribution in [0.2, 0.25) is 0 Å². The summed E-state index contributed by atoms with van der Waals surface area (Å²) in [7, 11) is 0. The van der Waals surface area contributed by atoms with E-state index in [9.17, 15) is 9.59 Å². The van der Waals surface area contributed by atoms with E-state index in [2.05, 4.69) is 12.2 Å². The minimum Gasteiger partial charge on any atom is -0.375 e. The first-order valence-corrected chi connectivity index (χ1v) is 6.88. The van der Waals surface area contributed by atoms with E-state index < -0.39 is 0 Å². The van der Waals surface area contributed by atoms with Gasteiger partial charge in [0.05, 0.1) is 12.7 Å². The third-order valence-corrected chi connectivity index (χ3v) is 3.31. The monoisotopic (exact) mass is 276 g/mol. The summed E-state index contributed by atoms with van der Waals surface area (Å²) in [5, 5.41) is 2.69. The predicted molar refractivity (Wildman–Crippen MR) is 76.7 cm³/mol. The summed E-state index contributed by atoms with van der Waals surface area (Å²) in [6, 6.07) is 7.02. The lowest BCUT2D eigenvalue weighted by Crippen LogP contribution is -2.45. The fourth-order valence-corrected chi connectivity index (χ4v) is 2.27. The number of nitrogens with zero attached hydrogens (tertiary/aromatic N) is 1. The smallest absolute Gasteiger partial charge is 0.254 e. The zero-order valence-electron chi connectivity index (χ0n) is 11.9. The highest BCUT2D eigenvalue weighted by molar-refractivity contribution is 5.96. The number of anilines is 1. The molecule has 5 heteroatoms. The number of hydrogen-bond acceptors (Lipinski definition) is 3. The molecule has 2 amide bonds. The molecule has 0 radical (unpaired) electrons. The Morgan fingerprint density at radius 1 is 1.45 bits per heavy atom. The van der Waals surface area contributed by atoms with Crippen molar-refractivity contribution in [3.8, 4) is 0 Å². The molecule has 1 atom stereocenters. The van der Waals surface area contributed by atoms with Crippen LogP contribution in [0.1, 0.15) is 30.6 Å². The Labute approximate surface area is 118 Å². The Hall–Kier alpha value is -1.88. The maximum Gasteiger partial charge on any atom is 0.254 e. The van der Waals surface area contributed by atoms with Crippen LogP contribution in [-0.4, -0.2) is 42.5 Å². The van der Waals surface area contributed by atoms with E-state index in [4.69, 9.17) is 4.74 Å². The molecule has 1 aliphatic heterocycles. The summed E-state index contributed by atoms with van der Waals surface area (Å²) in [6.45, 7) is 5.31. The number of amides is 2. The van der Waals surface area contributed by atoms with Gasteiger partial charge in [-0.15, -0.1) is 0 Å². The highest BCUT2D eigenvalue weighted by Gasteiger charge is 2.24. The quantitative estimate of drug-likeness (QED) is 0.917. The van der Waals surface area contributed by atoms with Crippen molar-refractivity contribution in [2.45, 2.75) is 26.4 Å². The molecule has 0 bridgehead atoms. The SMILES string of the molecule is CCC1CN(C(=O)c2cccc(NC(C)=O)c2)CCO1. The van der Waals surface area contributed by atoms with Crippen molar-refractivity contribution in [3.63, 3.8) is 0 Å². The minimum atomic E-state index is -0.146. The number of rotatable bonds is 3. The molecule has 1 unspecified atom stereocenters. The molecule has 1 N–H and O–H groups in total. The molecule has 0 aromatic heterocycles. The summed E-state index contributed by atoms with van der Waals surface area (Å²) in [6.07, 6.45) is 1.02. The Morgan fingerprint density at radius 3 is 2.95 bits per heavy atom. The van der Waals surface area contributed by atoms with Gasteiger partial charge in [0, 0.05) is 31.3 Å². The number of carbonyl (C=O) groups is 2. The first-order valence-electron chi connectivity index (χ1n) is 6.88. The first kappa shape index (κ1) is 14.5. The van der Waals surface area contributed by atoms with E-state index in [1.165, 1.54) is 6.92 Å². The van der Waals surface area contributed by atoms with E-state index in [0.717, 1.165) is 6.42 Å². The second kappa shape index (κ2) is 6.52. The second-order valence-corrected chi connectivity index (χ2v) is 4.91. The zero-order valence-corrected chi connectivity index (χ0v) is 11.9. The van der Waals surface area contributed by atoms with Gasteiger partial charge in [0.1, 0.15) is 0 Å². The molecule has 1 aromatic carbocycles. The number of nitrogens with one attached hydrogen (secondary N) is 1. The van der Waals surface area contributed by atoms with Gasteiger partial charge in [0.25, 0.3) is 5.91 Å². The highest BCUT2D eigenvalue weighted by Crippen LogP contribution is 2.16. The number of ether oxygens (including phenoxy) is 1. The van der Waals surface area contributed by atoms with Crippen LogP contribution < -0.4 is 5.32 Å². The van der Waals surface area contributed by atoms with Crippen molar-refractivity contribution in [1.82, 2.24) is 4.90 Å². The number of hydrogen-bond donors (Lipinski definition) is 1. The molecule has 1 saturated heterocycles. The summed E-state index contributed by atoms with van der Waals surface area (Å²) < 4.78 is 5.57. The molecule has 1 aromatic rings. The van der Waals surface area contributed by atoms with Crippen LogP contribution in [0.25, 0.3) is 0 Å². The van der Waals surface area contributed by atoms with Crippen molar-refractivity contribution >= 4 is 17.5 Å². The standard InChI is InChI=1S/C15H20N2O3/c1-3-14-10-17(7-8-20-14)15(19)12-5-4-6-13(9-12)16-11(2)18/h4-6,9,14H,3,7-8,10H2,1-2H3,(H,16,18). The topological polar surface area (TPSA) is 58.6 Å². The Balaban J connectivity index is 2.10. The van der Waals surface area contributed by atoms with Crippen LogP contribution in [-0.2, 0) is 9.53 Å². The molecule has 1 aliphatic rings. The molecule has 20 heavy (non-hydrogen) atoms. The molecule has 0 aliphatic carbocycles. The van der Waals surface area contributed by atoms with Crippen molar-refractivity contribution < 1.29 is 14.3 Å². The highest BCUT2D eigenvalue weighted by atomic mass is 16.5. The van der Waals surface area contributed by atoms with Gasteiger partial charge in [-0.2, -0.15) is 0 Å². The van der Waals surface area contributed by atoms with Crippen LogP contribution in [0.15, 0.2) is 24.3 Å². The molecule has 1 heterocycles. The van der Waals surface area contributed by atoms with Crippen molar-refractivity contribution in [3.05, 3.63) is 29.8 Å². The van der Waals surface area contributed by atoms with Crippen LogP contribution >= 0.6 is 0 Å². The van der Waals surface area contributed by atoms with Gasteiger partial charge in [-0.05, 0) is 24.6 Å². The Morgan fingerprint density at radius 2 is 2.25 bits per heavy atom. The maximum atomic E-state index is 12.5. The summed E-state index contributed by atoms with van der Waals surface area (Å²) in [4.78, 5) is 25.3. The fraction of sp³-hybridized carbons (Fsp3) is 0.467. The van der Waals surface area contributed by atoms with Crippen molar-refractivity contribution in [2.75, 3.05) is 25.0 Å². The molecular weight excluding hydrogens is 256 g/mol. The van der Waals surface area contributed by atoms with Gasteiger partial charge in [0.2, 0.25) is 5.91 Å². The number of morpholine rings is 1. The molecule has 5 nitrogen and oxygen atoms in total. The fourth-order valence-electron chi connectivity index (χ4n) is 2.27. The van der Waals surface area contributed by atoms with E-state index in [-0.39, 0.29) is 17.9 Å². The molecule has 108 valence electrons. The van der Waals surface area contributed by atoms with Gasteiger partial charge >= 0.3 is 0 Å². The largest absolute Gasteiger partial charge is 0.375 e. The lowest BCUT2D eigenvalue weighted by Gasteiger charge is -2.32. The second-order valence-electron chi connectivity index (χ2n) is 4.91. The summed E-state index contributed by atoms with van der Waals surface area (Å²) >= 11 is 0. The van der Waals surface area contributed by atoms with Gasteiger partial charge < -0.3 is 15.0 Å². The lowest BCUT2D eigenvalue weighted by molar-refractivity contribution is -0.114. The van der Waals surface area contributed by atoms with E-state index >= 15 is 0 Å². The zero-order chi connectivity index (χ0) is 14.5. The van der Waals surface area contributed by atoms with Gasteiger partial charge in [-0.25, -0.2) is 0 Å². The van der Waals surface area contributed by atoms with Crippen LogP contribution in [0.5, 0.6) is 0 Å². The molecule has 0 spiro atoms. The molecule has 2 rings (SSSR count). The van der Waals surface area contributed by atoms with E-state index in [1.54, 1.807) is 24.3 Å². The average molecular weight is 276 g/mol. The van der Waals surface area contributed by atoms with Gasteiger partial charge in [0.15, 0.2) is 0 Å². The van der Waals surface area contributed by atoms with E-state index in [0.29, 0.717) is 30.9 Å². The average Bonchev–Trinajstić information content (AvgIpc) is 2.46. The van der Waals surface area contributed by atoms with Crippen molar-refractivity contribution in [1.29, 1.82) is 0 Å². The normalized spacial score (nSPS) is 18.7. The Kier molecular flexibility index (Phi) is 4.74. The molecule has 1 fully saturated rings. The third-order valence-electron chi connectivity index (χ3n) is 3.31. The Bertz CT molecular complexity index is 502. The maximum absolute atomic E-state index is 12.5. The summed E-state index contributed by atoms with van der Waals surface area (Å²) in [5.41, 5.74) is 1.23. The van der Waals surface area contributed by atoms with Crippen molar-refractivity contribution in [2.24, 2.45) is 0 Å². The molecular formula is C15H20N2O3. The summed E-state index contributed by atoms with van der Waals surface area (Å²) in [5.74, 6) is -0.161. The number of carbonyl (C=O) groups excluding carboxylic acids is 2. The van der Waals surface area contributed by atoms with Gasteiger partial charge in [-0.3, -0.25) is 9.59 Å². The van der Waals surface area contributed by atoms with Crippen LogP contribution in [0.3, 0.4) is 0 Å². The van der Waals surface area contributed by atoms with Crippen LogP contribution in [0.4, 0.5) is 5.69 Å². The third kappa shape index (κ3) is 3.57. The van der Waals surface area contributed by atoms with E-state index in [1.807, 2.05) is 4.90 Å². The predicted octanol–water partition coefficient (Wildman–Crippen LogP) is 1.90. The van der Waals surface area contributed by atoms with Gasteiger partial charge in [-0.1, -0.05) is 13.0 Å². The van der Waals surface area contributed by atoms with Crippen LogP contribution in [0, 0.1) is 0 Å².